The van der Waals surface area contributed by atoms with Crippen molar-refractivity contribution in [3.8, 4) is 0 Å². The van der Waals surface area contributed by atoms with Crippen molar-refractivity contribution in [1.82, 2.24) is 25.1 Å². The maximum Gasteiger partial charge on any atom is 0.165 e. The minimum absolute atomic E-state index is 0.163. The fourth-order valence-corrected chi connectivity index (χ4v) is 2.74. The van der Waals surface area contributed by atoms with Crippen molar-refractivity contribution in [3.63, 3.8) is 0 Å². The van der Waals surface area contributed by atoms with Crippen LogP contribution in [-0.2, 0) is 17.8 Å². The second-order valence-electron chi connectivity index (χ2n) is 5.53. The van der Waals surface area contributed by atoms with Crippen molar-refractivity contribution in [2.75, 3.05) is 44.8 Å². The third kappa shape index (κ3) is 3.83. The molecular formula is C15H21FN6O. The fraction of sp³-hybridized carbons (Fsp3) is 0.533. The Morgan fingerprint density at radius 3 is 2.70 bits per heavy atom. The summed E-state index contributed by atoms with van der Waals surface area (Å²) < 4.78 is 20.7. The van der Waals surface area contributed by atoms with Crippen LogP contribution in [0.15, 0.2) is 24.3 Å². The number of ether oxygens (including phenoxy) is 1. The van der Waals surface area contributed by atoms with Crippen LogP contribution in [0.3, 0.4) is 0 Å². The summed E-state index contributed by atoms with van der Waals surface area (Å²) >= 11 is 0. The van der Waals surface area contributed by atoms with Gasteiger partial charge in [0.2, 0.25) is 0 Å². The van der Waals surface area contributed by atoms with Gasteiger partial charge in [0.1, 0.15) is 5.82 Å². The number of methoxy groups -OCH3 is 1. The SMILES string of the molecule is COCCn1nnnc1CN1CCN(c2ccccc2F)CC1. The van der Waals surface area contributed by atoms with E-state index in [1.807, 2.05) is 12.1 Å². The molecular weight excluding hydrogens is 299 g/mol. The molecule has 0 amide bonds. The Morgan fingerprint density at radius 1 is 1.17 bits per heavy atom. The van der Waals surface area contributed by atoms with Crippen LogP contribution in [0.5, 0.6) is 0 Å². The van der Waals surface area contributed by atoms with Gasteiger partial charge < -0.3 is 9.64 Å². The molecule has 124 valence electrons. The van der Waals surface area contributed by atoms with Gasteiger partial charge in [0.05, 0.1) is 25.4 Å². The first-order valence-electron chi connectivity index (χ1n) is 7.73. The molecule has 23 heavy (non-hydrogen) atoms. The number of para-hydroxylation sites is 1. The Balaban J connectivity index is 1.55. The van der Waals surface area contributed by atoms with E-state index in [1.165, 1.54) is 6.07 Å². The molecule has 0 saturated carbocycles. The molecule has 1 aliphatic heterocycles. The van der Waals surface area contributed by atoms with Crippen molar-refractivity contribution >= 4 is 5.69 Å². The Kier molecular flexibility index (Phi) is 5.14. The van der Waals surface area contributed by atoms with Crippen molar-refractivity contribution in [1.29, 1.82) is 0 Å². The lowest BCUT2D eigenvalue weighted by atomic mass is 10.2. The molecule has 0 aliphatic carbocycles. The van der Waals surface area contributed by atoms with Crippen LogP contribution >= 0.6 is 0 Å². The summed E-state index contributed by atoms with van der Waals surface area (Å²) in [7, 11) is 1.66. The summed E-state index contributed by atoms with van der Waals surface area (Å²) in [6, 6.07) is 6.92. The number of hydrogen-bond donors (Lipinski definition) is 0. The van der Waals surface area contributed by atoms with Crippen LogP contribution in [-0.4, -0.2) is 65.0 Å². The average molecular weight is 320 g/mol. The van der Waals surface area contributed by atoms with Crippen molar-refractivity contribution in [2.24, 2.45) is 0 Å². The maximum atomic E-state index is 13.9. The normalized spacial score (nSPS) is 16.0. The number of nitrogens with zero attached hydrogens (tertiary/aromatic N) is 6. The lowest BCUT2D eigenvalue weighted by Gasteiger charge is -2.35. The number of tetrazole rings is 1. The Hall–Kier alpha value is -2.06. The molecule has 0 bridgehead atoms. The number of rotatable bonds is 6. The van der Waals surface area contributed by atoms with Gasteiger partial charge in [0.25, 0.3) is 0 Å². The molecule has 0 radical (unpaired) electrons. The van der Waals surface area contributed by atoms with Gasteiger partial charge in [-0.25, -0.2) is 9.07 Å². The average Bonchev–Trinajstić information content (AvgIpc) is 3.01. The smallest absolute Gasteiger partial charge is 0.165 e. The summed E-state index contributed by atoms with van der Waals surface area (Å²) in [4.78, 5) is 4.37. The van der Waals surface area contributed by atoms with E-state index in [2.05, 4.69) is 25.3 Å². The third-order valence-corrected chi connectivity index (χ3v) is 4.04. The molecule has 8 heteroatoms. The quantitative estimate of drug-likeness (QED) is 0.784. The predicted octanol–water partition coefficient (Wildman–Crippen LogP) is 0.781. The number of halogens is 1. The summed E-state index contributed by atoms with van der Waals surface area (Å²) in [5.74, 6) is 0.672. The minimum Gasteiger partial charge on any atom is -0.383 e. The van der Waals surface area contributed by atoms with E-state index in [4.69, 9.17) is 4.74 Å². The highest BCUT2D eigenvalue weighted by molar-refractivity contribution is 5.47. The number of anilines is 1. The van der Waals surface area contributed by atoms with Crippen molar-refractivity contribution in [3.05, 3.63) is 35.9 Å². The molecule has 1 fully saturated rings. The number of benzene rings is 1. The number of aromatic nitrogens is 4. The van der Waals surface area contributed by atoms with Gasteiger partial charge in [-0.05, 0) is 22.6 Å². The van der Waals surface area contributed by atoms with Crippen LogP contribution in [0.4, 0.5) is 10.1 Å². The Bertz CT molecular complexity index is 626. The summed E-state index contributed by atoms with van der Waals surface area (Å²) in [5, 5.41) is 11.8. The molecule has 2 heterocycles. The zero-order valence-corrected chi connectivity index (χ0v) is 13.2. The highest BCUT2D eigenvalue weighted by Crippen LogP contribution is 2.20. The van der Waals surface area contributed by atoms with Gasteiger partial charge in [-0.3, -0.25) is 4.90 Å². The fourth-order valence-electron chi connectivity index (χ4n) is 2.74. The first-order valence-corrected chi connectivity index (χ1v) is 7.73. The second kappa shape index (κ2) is 7.47. The summed E-state index contributed by atoms with van der Waals surface area (Å²) in [5.41, 5.74) is 0.678. The molecule has 2 aromatic rings. The van der Waals surface area contributed by atoms with E-state index in [0.717, 1.165) is 32.0 Å². The molecule has 0 spiro atoms. The van der Waals surface area contributed by atoms with Gasteiger partial charge in [-0.15, -0.1) is 5.10 Å². The van der Waals surface area contributed by atoms with Crippen molar-refractivity contribution in [2.45, 2.75) is 13.1 Å². The highest BCUT2D eigenvalue weighted by Gasteiger charge is 2.21. The summed E-state index contributed by atoms with van der Waals surface area (Å²) in [6.45, 7) is 5.22. The second-order valence-corrected chi connectivity index (χ2v) is 5.53. The van der Waals surface area contributed by atoms with E-state index in [0.29, 0.717) is 25.4 Å². The van der Waals surface area contributed by atoms with E-state index in [9.17, 15) is 4.39 Å². The van der Waals surface area contributed by atoms with Crippen LogP contribution < -0.4 is 4.90 Å². The van der Waals surface area contributed by atoms with E-state index >= 15 is 0 Å². The number of piperazine rings is 1. The Labute approximate surface area is 134 Å². The first kappa shape index (κ1) is 15.8. The van der Waals surface area contributed by atoms with E-state index < -0.39 is 0 Å². The zero-order chi connectivity index (χ0) is 16.1. The van der Waals surface area contributed by atoms with Gasteiger partial charge >= 0.3 is 0 Å². The molecule has 3 rings (SSSR count). The van der Waals surface area contributed by atoms with E-state index in [1.54, 1.807) is 17.9 Å². The molecule has 0 atom stereocenters. The highest BCUT2D eigenvalue weighted by atomic mass is 19.1. The van der Waals surface area contributed by atoms with Crippen LogP contribution in [0.25, 0.3) is 0 Å². The zero-order valence-electron chi connectivity index (χ0n) is 13.2. The number of hydrogen-bond acceptors (Lipinski definition) is 6. The summed E-state index contributed by atoms with van der Waals surface area (Å²) in [6.07, 6.45) is 0. The van der Waals surface area contributed by atoms with E-state index in [-0.39, 0.29) is 5.82 Å². The molecule has 1 aromatic carbocycles. The third-order valence-electron chi connectivity index (χ3n) is 4.04. The van der Waals surface area contributed by atoms with Gasteiger partial charge in [0, 0.05) is 33.3 Å². The monoisotopic (exact) mass is 320 g/mol. The molecule has 0 N–H and O–H groups in total. The van der Waals surface area contributed by atoms with Crippen LogP contribution in [0.1, 0.15) is 5.82 Å². The Morgan fingerprint density at radius 2 is 1.96 bits per heavy atom. The minimum atomic E-state index is -0.163. The maximum absolute atomic E-state index is 13.9. The van der Waals surface area contributed by atoms with Crippen LogP contribution in [0.2, 0.25) is 0 Å². The lowest BCUT2D eigenvalue weighted by molar-refractivity contribution is 0.178. The lowest BCUT2D eigenvalue weighted by Crippen LogP contribution is -2.46. The standard InChI is InChI=1S/C15H21FN6O/c1-23-11-10-22-15(17-18-19-22)12-20-6-8-21(9-7-20)14-5-3-2-4-13(14)16/h2-5H,6-12H2,1H3. The topological polar surface area (TPSA) is 59.3 Å². The predicted molar refractivity (Wildman–Crippen MR) is 83.6 cm³/mol. The molecule has 1 aliphatic rings. The first-order chi connectivity index (χ1) is 11.3. The van der Waals surface area contributed by atoms with Crippen molar-refractivity contribution < 1.29 is 9.13 Å². The molecule has 7 nitrogen and oxygen atoms in total. The van der Waals surface area contributed by atoms with Gasteiger partial charge in [-0.2, -0.15) is 0 Å². The molecule has 1 saturated heterocycles. The van der Waals surface area contributed by atoms with Gasteiger partial charge in [-0.1, -0.05) is 12.1 Å². The largest absolute Gasteiger partial charge is 0.383 e. The molecule has 1 aromatic heterocycles. The molecule has 0 unspecified atom stereocenters. The van der Waals surface area contributed by atoms with Crippen LogP contribution in [0, 0.1) is 5.82 Å². The van der Waals surface area contributed by atoms with Gasteiger partial charge in [0.15, 0.2) is 5.82 Å².